The number of ether oxygens (including phenoxy) is 2. The number of aliphatic hydroxyl groups is 3. The molecule has 2 amide bonds. The summed E-state index contributed by atoms with van der Waals surface area (Å²) in [4.78, 5) is 23.4. The molecule has 1 aliphatic rings. The molecule has 6 N–H and O–H groups in total. The molecule has 2 heterocycles. The Bertz CT molecular complexity index is 1200. The number of aliphatic hydroxyl groups excluding tert-OH is 3. The Morgan fingerprint density at radius 2 is 1.73 bits per heavy atom. The minimum absolute atomic E-state index is 0.139. The molecule has 6 atom stereocenters. The number of benzene rings is 2. The molecular formula is C24H27N4O9+. The van der Waals surface area contributed by atoms with Gasteiger partial charge in [0, 0.05) is 19.0 Å². The number of nitrogens with one attached hydrogen (secondary N) is 2. The maximum absolute atomic E-state index is 12.1. The first-order valence-corrected chi connectivity index (χ1v) is 11.4. The van der Waals surface area contributed by atoms with Gasteiger partial charge in [-0.2, -0.15) is 0 Å². The monoisotopic (exact) mass is 515 g/mol. The van der Waals surface area contributed by atoms with Crippen LogP contribution >= 0.6 is 0 Å². The zero-order chi connectivity index (χ0) is 26.5. The lowest BCUT2D eigenvalue weighted by atomic mass is 9.99. The molecule has 13 nitrogen and oxygen atoms in total. The Morgan fingerprint density at radius 1 is 1.03 bits per heavy atom. The third kappa shape index (κ3) is 6.40. The van der Waals surface area contributed by atoms with Crippen molar-refractivity contribution < 1.29 is 48.7 Å². The van der Waals surface area contributed by atoms with E-state index < -0.39 is 42.7 Å². The molecule has 4 rings (SSSR count). The number of rotatable bonds is 8. The fraction of sp³-hybridized carbons (Fsp3) is 0.333. The molecule has 0 aliphatic carbocycles. The number of carbonyl (C=O) groups excluding carboxylic acids is 1. The predicted octanol–water partition coefficient (Wildman–Crippen LogP) is 0.681. The molecule has 0 saturated carbocycles. The minimum Gasteiger partial charge on any atom is -0.479 e. The minimum atomic E-state index is -1.79. The SMILES string of the molecule is CC(Cc1ccc(O[C@@H]2O[C@H](C(=O)O)[C@@H](O)[C@H](O)[C@H]2O)cc1)[n+]1cc(NC(=O)Nc2ccccc2)on1. The van der Waals surface area contributed by atoms with Crippen LogP contribution in [-0.2, 0) is 16.0 Å². The van der Waals surface area contributed by atoms with Gasteiger partial charge in [-0.25, -0.2) is 9.59 Å². The second kappa shape index (κ2) is 11.3. The van der Waals surface area contributed by atoms with Gasteiger partial charge in [-0.05, 0) is 34.5 Å². The van der Waals surface area contributed by atoms with E-state index in [1.807, 2.05) is 13.0 Å². The lowest BCUT2D eigenvalue weighted by Crippen LogP contribution is -2.61. The second-order valence-electron chi connectivity index (χ2n) is 8.54. The molecule has 1 unspecified atom stereocenters. The van der Waals surface area contributed by atoms with E-state index in [1.165, 1.54) is 0 Å². The van der Waals surface area contributed by atoms with Crippen LogP contribution < -0.4 is 20.1 Å². The van der Waals surface area contributed by atoms with Gasteiger partial charge in [0.15, 0.2) is 12.1 Å². The third-order valence-corrected chi connectivity index (χ3v) is 5.72. The van der Waals surface area contributed by atoms with Crippen LogP contribution in [0, 0.1) is 0 Å². The Morgan fingerprint density at radius 3 is 2.41 bits per heavy atom. The summed E-state index contributed by atoms with van der Waals surface area (Å²) in [5.41, 5.74) is 1.53. The average Bonchev–Trinajstić information content (AvgIpc) is 3.34. The molecule has 0 bridgehead atoms. The van der Waals surface area contributed by atoms with Gasteiger partial charge in [0.05, 0.1) is 0 Å². The highest BCUT2D eigenvalue weighted by Crippen LogP contribution is 2.25. The normalized spacial score (nSPS) is 24.2. The van der Waals surface area contributed by atoms with Crippen LogP contribution in [0.5, 0.6) is 5.75 Å². The molecule has 1 aromatic heterocycles. The maximum atomic E-state index is 12.1. The zero-order valence-electron chi connectivity index (χ0n) is 19.7. The summed E-state index contributed by atoms with van der Waals surface area (Å²) in [7, 11) is 0. The van der Waals surface area contributed by atoms with Crippen molar-refractivity contribution in [2.24, 2.45) is 0 Å². The summed E-state index contributed by atoms with van der Waals surface area (Å²) < 4.78 is 17.4. The molecule has 196 valence electrons. The molecule has 1 saturated heterocycles. The summed E-state index contributed by atoms with van der Waals surface area (Å²) in [5.74, 6) is -1.06. The molecule has 1 fully saturated rings. The number of hydrogen-bond donors (Lipinski definition) is 6. The van der Waals surface area contributed by atoms with Crippen molar-refractivity contribution in [3.8, 4) is 5.75 Å². The van der Waals surface area contributed by atoms with Crippen molar-refractivity contribution in [1.29, 1.82) is 0 Å². The number of aromatic nitrogens is 2. The summed E-state index contributed by atoms with van der Waals surface area (Å²) in [5, 5.41) is 48.1. The Labute approximate surface area is 210 Å². The van der Waals surface area contributed by atoms with E-state index in [9.17, 15) is 24.9 Å². The van der Waals surface area contributed by atoms with E-state index in [0.29, 0.717) is 12.1 Å². The van der Waals surface area contributed by atoms with Gasteiger partial charge in [0.2, 0.25) is 11.6 Å². The van der Waals surface area contributed by atoms with Crippen LogP contribution in [0.2, 0.25) is 0 Å². The van der Waals surface area contributed by atoms with Gasteiger partial charge < -0.3 is 35.2 Å². The number of carbonyl (C=O) groups is 2. The molecular weight excluding hydrogens is 488 g/mol. The van der Waals surface area contributed by atoms with Gasteiger partial charge in [-0.15, -0.1) is 0 Å². The summed E-state index contributed by atoms with van der Waals surface area (Å²) in [6, 6.07) is 15.1. The van der Waals surface area contributed by atoms with Crippen LogP contribution in [0.3, 0.4) is 0 Å². The molecule has 37 heavy (non-hydrogen) atoms. The highest BCUT2D eigenvalue weighted by molar-refractivity contribution is 5.98. The fourth-order valence-corrected chi connectivity index (χ4v) is 3.74. The van der Waals surface area contributed by atoms with Gasteiger partial charge >= 0.3 is 17.9 Å². The average molecular weight is 515 g/mol. The first-order chi connectivity index (χ1) is 17.7. The number of carboxylic acid groups (broad SMARTS) is 1. The number of urea groups is 1. The summed E-state index contributed by atoms with van der Waals surface area (Å²) >= 11 is 0. The topological polar surface area (TPSA) is 187 Å². The quantitative estimate of drug-likeness (QED) is 0.233. The molecule has 13 heteroatoms. The first-order valence-electron chi connectivity index (χ1n) is 11.4. The Kier molecular flexibility index (Phi) is 7.98. The van der Waals surface area contributed by atoms with E-state index in [1.54, 1.807) is 59.4 Å². The van der Waals surface area contributed by atoms with E-state index in [2.05, 4.69) is 15.9 Å². The number of hydrogen-bond acceptors (Lipinski definition) is 9. The largest absolute Gasteiger partial charge is 0.479 e. The van der Waals surface area contributed by atoms with Crippen LogP contribution in [0.1, 0.15) is 18.5 Å². The van der Waals surface area contributed by atoms with Crippen LogP contribution in [0.15, 0.2) is 65.3 Å². The zero-order valence-corrected chi connectivity index (χ0v) is 19.7. The van der Waals surface area contributed by atoms with E-state index >= 15 is 0 Å². The number of nitrogens with zero attached hydrogens (tertiary/aromatic N) is 2. The van der Waals surface area contributed by atoms with Crippen LogP contribution in [0.25, 0.3) is 0 Å². The van der Waals surface area contributed by atoms with Crippen molar-refractivity contribution >= 4 is 23.6 Å². The van der Waals surface area contributed by atoms with Crippen molar-refractivity contribution in [2.75, 3.05) is 10.6 Å². The highest BCUT2D eigenvalue weighted by Gasteiger charge is 2.48. The first kappa shape index (κ1) is 26.0. The van der Waals surface area contributed by atoms with Crippen molar-refractivity contribution in [1.82, 2.24) is 5.27 Å². The lowest BCUT2D eigenvalue weighted by Gasteiger charge is -2.38. The third-order valence-electron chi connectivity index (χ3n) is 5.72. The van der Waals surface area contributed by atoms with E-state index in [4.69, 9.17) is 19.1 Å². The second-order valence-corrected chi connectivity index (χ2v) is 8.54. The van der Waals surface area contributed by atoms with Crippen LogP contribution in [-0.4, -0.2) is 68.4 Å². The smallest absolute Gasteiger partial charge is 0.335 e. The summed E-state index contributed by atoms with van der Waals surface area (Å²) in [6.45, 7) is 1.91. The molecule has 0 spiro atoms. The van der Waals surface area contributed by atoms with Gasteiger partial charge in [0.25, 0.3) is 6.20 Å². The Balaban J connectivity index is 1.31. The summed E-state index contributed by atoms with van der Waals surface area (Å²) in [6.07, 6.45) is -6.31. The Hall–Kier alpha value is -4.04. The van der Waals surface area contributed by atoms with E-state index in [-0.39, 0.29) is 17.7 Å². The van der Waals surface area contributed by atoms with Crippen molar-refractivity contribution in [3.05, 3.63) is 66.4 Å². The number of carboxylic acids is 1. The van der Waals surface area contributed by atoms with E-state index in [0.717, 1.165) is 5.56 Å². The molecule has 3 aromatic rings. The van der Waals surface area contributed by atoms with Gasteiger partial charge in [-0.1, -0.05) is 30.3 Å². The molecule has 0 radical (unpaired) electrons. The molecule has 1 aliphatic heterocycles. The van der Waals surface area contributed by atoms with Gasteiger partial charge in [0.1, 0.15) is 24.1 Å². The predicted molar refractivity (Wildman–Crippen MR) is 126 cm³/mol. The number of anilines is 2. The van der Waals surface area contributed by atoms with Gasteiger partial charge in [-0.3, -0.25) is 9.84 Å². The van der Waals surface area contributed by atoms with Crippen molar-refractivity contribution in [2.45, 2.75) is 50.1 Å². The lowest BCUT2D eigenvalue weighted by molar-refractivity contribution is -0.782. The maximum Gasteiger partial charge on any atom is 0.335 e. The number of amides is 2. The fourth-order valence-electron chi connectivity index (χ4n) is 3.74. The number of aliphatic carboxylic acids is 1. The highest BCUT2D eigenvalue weighted by atomic mass is 16.7. The van der Waals surface area contributed by atoms with Crippen LogP contribution in [0.4, 0.5) is 16.4 Å². The van der Waals surface area contributed by atoms with Crippen molar-refractivity contribution in [3.63, 3.8) is 0 Å². The molecule has 2 aromatic carbocycles. The number of para-hydroxylation sites is 1. The standard InChI is InChI=1S/C24H26N4O9/c1-13(28-12-17(37-27-28)26-24(34)25-15-5-3-2-4-6-15)11-14-7-9-16(10-8-14)35-23-20(31)18(29)19(30)21(36-23)22(32)33/h2-10,12-13,18-21,23,29-31H,11H2,1H3,(H2-,25,26,27,32,33,34)/p+1/t13?,18-,19-,20+,21-,23+/m0/s1.